The number of nitrogens with zero attached hydrogens (tertiary/aromatic N) is 1. The Morgan fingerprint density at radius 2 is 2.12 bits per heavy atom. The molecular weight excluding hydrogens is 417 g/mol. The Morgan fingerprint density at radius 3 is 2.79 bits per heavy atom. The SMILES string of the molecule is CC(C)(C)c1ccccc1OCCNC(N)=NCC1CCCO1.I. The Morgan fingerprint density at radius 1 is 1.38 bits per heavy atom. The molecule has 1 atom stereocenters. The molecule has 1 saturated heterocycles. The lowest BCUT2D eigenvalue weighted by molar-refractivity contribution is 0.117. The average molecular weight is 447 g/mol. The normalized spacial score (nSPS) is 18.1. The predicted molar refractivity (Wildman–Crippen MR) is 110 cm³/mol. The van der Waals surface area contributed by atoms with Crippen molar-refractivity contribution < 1.29 is 9.47 Å². The van der Waals surface area contributed by atoms with Gasteiger partial charge in [0.25, 0.3) is 0 Å². The van der Waals surface area contributed by atoms with Crippen LogP contribution in [0, 0.1) is 0 Å². The lowest BCUT2D eigenvalue weighted by Crippen LogP contribution is -2.35. The summed E-state index contributed by atoms with van der Waals surface area (Å²) in [5.41, 5.74) is 7.13. The standard InChI is InChI=1S/C18H29N3O2.HI/c1-18(2,3)15-8-4-5-9-16(15)23-12-10-20-17(19)21-13-14-7-6-11-22-14;/h4-5,8-9,14H,6-7,10-13H2,1-3H3,(H3,19,20,21);1H. The molecule has 1 aliphatic heterocycles. The van der Waals surface area contributed by atoms with Gasteiger partial charge in [-0.05, 0) is 29.9 Å². The second-order valence-corrected chi connectivity index (χ2v) is 6.88. The highest BCUT2D eigenvalue weighted by molar-refractivity contribution is 14.0. The number of aliphatic imine (C=N–C) groups is 1. The summed E-state index contributed by atoms with van der Waals surface area (Å²) in [7, 11) is 0. The van der Waals surface area contributed by atoms with E-state index >= 15 is 0 Å². The number of guanidine groups is 1. The molecule has 1 aromatic carbocycles. The summed E-state index contributed by atoms with van der Waals surface area (Å²) in [5.74, 6) is 1.38. The molecule has 1 unspecified atom stereocenters. The highest BCUT2D eigenvalue weighted by Crippen LogP contribution is 2.30. The Bertz CT molecular complexity index is 523. The molecule has 136 valence electrons. The van der Waals surface area contributed by atoms with Crippen LogP contribution in [0.1, 0.15) is 39.2 Å². The van der Waals surface area contributed by atoms with Gasteiger partial charge in [0.2, 0.25) is 0 Å². The van der Waals surface area contributed by atoms with Crippen molar-refractivity contribution in [1.82, 2.24) is 5.32 Å². The maximum Gasteiger partial charge on any atom is 0.188 e. The van der Waals surface area contributed by atoms with E-state index in [1.807, 2.05) is 18.2 Å². The Hall–Kier alpha value is -1.02. The molecule has 24 heavy (non-hydrogen) atoms. The summed E-state index contributed by atoms with van der Waals surface area (Å²) in [6.45, 7) is 9.19. The molecule has 1 fully saturated rings. The minimum Gasteiger partial charge on any atom is -0.491 e. The highest BCUT2D eigenvalue weighted by atomic mass is 127. The number of hydrogen-bond donors (Lipinski definition) is 2. The monoisotopic (exact) mass is 447 g/mol. The molecule has 0 radical (unpaired) electrons. The molecule has 2 rings (SSSR count). The van der Waals surface area contributed by atoms with Crippen LogP contribution in [0.4, 0.5) is 0 Å². The molecule has 0 amide bonds. The van der Waals surface area contributed by atoms with Crippen molar-refractivity contribution >= 4 is 29.9 Å². The van der Waals surface area contributed by atoms with Crippen molar-refractivity contribution in [3.63, 3.8) is 0 Å². The second kappa shape index (κ2) is 10.1. The van der Waals surface area contributed by atoms with Gasteiger partial charge >= 0.3 is 0 Å². The zero-order valence-corrected chi connectivity index (χ0v) is 17.2. The Kier molecular flexibility index (Phi) is 8.83. The number of halogens is 1. The van der Waals surface area contributed by atoms with Crippen molar-refractivity contribution in [2.45, 2.75) is 45.1 Å². The molecule has 6 heteroatoms. The van der Waals surface area contributed by atoms with E-state index in [0.29, 0.717) is 25.7 Å². The van der Waals surface area contributed by atoms with E-state index in [1.165, 1.54) is 5.56 Å². The van der Waals surface area contributed by atoms with Gasteiger partial charge in [-0.15, -0.1) is 24.0 Å². The molecule has 0 spiro atoms. The van der Waals surface area contributed by atoms with E-state index in [1.54, 1.807) is 0 Å². The van der Waals surface area contributed by atoms with Crippen molar-refractivity contribution in [3.8, 4) is 5.75 Å². The summed E-state index contributed by atoms with van der Waals surface area (Å²) in [4.78, 5) is 4.31. The minimum atomic E-state index is 0. The molecule has 1 aromatic rings. The maximum absolute atomic E-state index is 5.89. The molecule has 0 bridgehead atoms. The van der Waals surface area contributed by atoms with Crippen LogP contribution in [-0.4, -0.2) is 38.4 Å². The smallest absolute Gasteiger partial charge is 0.188 e. The lowest BCUT2D eigenvalue weighted by Gasteiger charge is -2.22. The summed E-state index contributed by atoms with van der Waals surface area (Å²) in [5, 5.41) is 3.08. The predicted octanol–water partition coefficient (Wildman–Crippen LogP) is 3.06. The number of nitrogens with two attached hydrogens (primary N) is 1. The van der Waals surface area contributed by atoms with Crippen molar-refractivity contribution in [2.75, 3.05) is 26.3 Å². The number of ether oxygens (including phenoxy) is 2. The van der Waals surface area contributed by atoms with E-state index in [9.17, 15) is 0 Å². The van der Waals surface area contributed by atoms with Crippen LogP contribution in [0.5, 0.6) is 5.75 Å². The van der Waals surface area contributed by atoms with E-state index < -0.39 is 0 Å². The first-order chi connectivity index (χ1) is 11.0. The molecule has 1 heterocycles. The highest BCUT2D eigenvalue weighted by Gasteiger charge is 2.18. The molecule has 1 aliphatic rings. The van der Waals surface area contributed by atoms with Crippen LogP contribution >= 0.6 is 24.0 Å². The number of rotatable bonds is 6. The maximum atomic E-state index is 5.89. The summed E-state index contributed by atoms with van der Waals surface area (Å²) in [6, 6.07) is 8.16. The number of benzene rings is 1. The van der Waals surface area contributed by atoms with Gasteiger partial charge in [0.1, 0.15) is 12.4 Å². The van der Waals surface area contributed by atoms with Crippen LogP contribution in [0.3, 0.4) is 0 Å². The summed E-state index contributed by atoms with van der Waals surface area (Å²) < 4.78 is 11.4. The van der Waals surface area contributed by atoms with E-state index in [0.717, 1.165) is 25.2 Å². The van der Waals surface area contributed by atoms with Crippen LogP contribution < -0.4 is 15.8 Å². The van der Waals surface area contributed by atoms with E-state index in [4.69, 9.17) is 15.2 Å². The molecule has 0 aliphatic carbocycles. The van der Waals surface area contributed by atoms with Gasteiger partial charge in [-0.3, -0.25) is 4.99 Å². The van der Waals surface area contributed by atoms with Gasteiger partial charge in [0, 0.05) is 6.61 Å². The van der Waals surface area contributed by atoms with Gasteiger partial charge in [-0.2, -0.15) is 0 Å². The summed E-state index contributed by atoms with van der Waals surface area (Å²) >= 11 is 0. The quantitative estimate of drug-likeness (QED) is 0.305. The first-order valence-corrected chi connectivity index (χ1v) is 8.34. The second-order valence-electron chi connectivity index (χ2n) is 6.88. The molecule has 5 nitrogen and oxygen atoms in total. The Labute approximate surface area is 162 Å². The van der Waals surface area contributed by atoms with Crippen molar-refractivity contribution in [3.05, 3.63) is 29.8 Å². The number of nitrogens with one attached hydrogen (secondary N) is 1. The van der Waals surface area contributed by atoms with Crippen LogP contribution in [0.2, 0.25) is 0 Å². The van der Waals surface area contributed by atoms with Gasteiger partial charge < -0.3 is 20.5 Å². The van der Waals surface area contributed by atoms with Crippen LogP contribution in [0.15, 0.2) is 29.3 Å². The summed E-state index contributed by atoms with van der Waals surface area (Å²) in [6.07, 6.45) is 2.42. The zero-order valence-electron chi connectivity index (χ0n) is 14.9. The van der Waals surface area contributed by atoms with Crippen LogP contribution in [0.25, 0.3) is 0 Å². The van der Waals surface area contributed by atoms with Gasteiger partial charge in [0.05, 0.1) is 19.2 Å². The fourth-order valence-corrected chi connectivity index (χ4v) is 2.60. The van der Waals surface area contributed by atoms with Crippen LogP contribution in [-0.2, 0) is 10.2 Å². The topological polar surface area (TPSA) is 68.9 Å². The van der Waals surface area contributed by atoms with Crippen molar-refractivity contribution in [2.24, 2.45) is 10.7 Å². The minimum absolute atomic E-state index is 0. The average Bonchev–Trinajstić information content (AvgIpc) is 3.02. The molecule has 3 N–H and O–H groups in total. The fraction of sp³-hybridized carbons (Fsp3) is 0.611. The van der Waals surface area contributed by atoms with Gasteiger partial charge in [-0.1, -0.05) is 39.0 Å². The first-order valence-electron chi connectivity index (χ1n) is 8.34. The third-order valence-corrected chi connectivity index (χ3v) is 3.85. The van der Waals surface area contributed by atoms with E-state index in [-0.39, 0.29) is 35.5 Å². The third-order valence-electron chi connectivity index (χ3n) is 3.85. The Balaban J connectivity index is 0.00000288. The molecular formula is C18H30IN3O2. The van der Waals surface area contributed by atoms with E-state index in [2.05, 4.69) is 37.1 Å². The molecule has 0 aromatic heterocycles. The third kappa shape index (κ3) is 6.84. The van der Waals surface area contributed by atoms with Crippen molar-refractivity contribution in [1.29, 1.82) is 0 Å². The largest absolute Gasteiger partial charge is 0.491 e. The molecule has 0 saturated carbocycles. The lowest BCUT2D eigenvalue weighted by atomic mass is 9.86. The number of hydrogen-bond acceptors (Lipinski definition) is 3. The van der Waals surface area contributed by atoms with Gasteiger partial charge in [-0.25, -0.2) is 0 Å². The van der Waals surface area contributed by atoms with Gasteiger partial charge in [0.15, 0.2) is 5.96 Å². The number of para-hydroxylation sites is 1. The fourth-order valence-electron chi connectivity index (χ4n) is 2.60. The first kappa shape index (κ1) is 21.0. The zero-order chi connectivity index (χ0) is 16.7.